The molecule has 2 atom stereocenters. The van der Waals surface area contributed by atoms with Gasteiger partial charge >= 0.3 is 0 Å². The summed E-state index contributed by atoms with van der Waals surface area (Å²) in [6, 6.07) is 8.44. The van der Waals surface area contributed by atoms with Crippen molar-refractivity contribution in [3.05, 3.63) is 35.4 Å². The SMILES string of the molecule is Cc1ccccc1CC(CO)CC1CCC(C)(C)O1. The number of rotatable bonds is 5. The fourth-order valence-corrected chi connectivity index (χ4v) is 2.99. The molecule has 0 spiro atoms. The molecule has 0 aliphatic carbocycles. The summed E-state index contributed by atoms with van der Waals surface area (Å²) in [4.78, 5) is 0. The summed E-state index contributed by atoms with van der Waals surface area (Å²) >= 11 is 0. The van der Waals surface area contributed by atoms with Gasteiger partial charge in [-0.1, -0.05) is 24.3 Å². The molecule has 1 aromatic rings. The molecule has 2 heteroatoms. The normalized spacial score (nSPS) is 23.5. The van der Waals surface area contributed by atoms with Crippen LogP contribution in [0.15, 0.2) is 24.3 Å². The average molecular weight is 262 g/mol. The van der Waals surface area contributed by atoms with Gasteiger partial charge in [-0.3, -0.25) is 0 Å². The predicted molar refractivity (Wildman–Crippen MR) is 78.3 cm³/mol. The Hall–Kier alpha value is -0.860. The molecule has 1 saturated heterocycles. The molecule has 1 aliphatic heterocycles. The third kappa shape index (κ3) is 4.05. The third-order valence-electron chi connectivity index (χ3n) is 4.18. The highest BCUT2D eigenvalue weighted by Crippen LogP contribution is 2.33. The average Bonchev–Trinajstić information content (AvgIpc) is 2.70. The molecule has 1 aliphatic rings. The summed E-state index contributed by atoms with van der Waals surface area (Å²) in [6.07, 6.45) is 4.48. The summed E-state index contributed by atoms with van der Waals surface area (Å²) in [5, 5.41) is 9.61. The second-order valence-corrected chi connectivity index (χ2v) is 6.45. The molecule has 0 amide bonds. The number of hydrogen-bond acceptors (Lipinski definition) is 2. The number of aryl methyl sites for hydroxylation is 1. The second-order valence-electron chi connectivity index (χ2n) is 6.45. The van der Waals surface area contributed by atoms with Gasteiger partial charge in [0.15, 0.2) is 0 Å². The summed E-state index contributed by atoms with van der Waals surface area (Å²) in [6.45, 7) is 6.69. The molecule has 106 valence electrons. The molecule has 0 radical (unpaired) electrons. The molecule has 1 fully saturated rings. The Bertz CT molecular complexity index is 411. The molecule has 2 nitrogen and oxygen atoms in total. The van der Waals surface area contributed by atoms with Crippen molar-refractivity contribution < 1.29 is 9.84 Å². The lowest BCUT2D eigenvalue weighted by molar-refractivity contribution is -0.0276. The largest absolute Gasteiger partial charge is 0.396 e. The highest BCUT2D eigenvalue weighted by Gasteiger charge is 2.32. The number of aliphatic hydroxyl groups is 1. The quantitative estimate of drug-likeness (QED) is 0.880. The van der Waals surface area contributed by atoms with Crippen LogP contribution in [-0.2, 0) is 11.2 Å². The van der Waals surface area contributed by atoms with E-state index in [-0.39, 0.29) is 12.2 Å². The zero-order valence-electron chi connectivity index (χ0n) is 12.4. The molecule has 0 saturated carbocycles. The molecule has 2 rings (SSSR count). The summed E-state index contributed by atoms with van der Waals surface area (Å²) in [7, 11) is 0. The highest BCUT2D eigenvalue weighted by molar-refractivity contribution is 5.25. The first-order valence-corrected chi connectivity index (χ1v) is 7.33. The predicted octanol–water partition coefficient (Wildman–Crippen LogP) is 3.49. The lowest BCUT2D eigenvalue weighted by Crippen LogP contribution is -2.23. The monoisotopic (exact) mass is 262 g/mol. The fourth-order valence-electron chi connectivity index (χ4n) is 2.99. The number of benzene rings is 1. The molecule has 0 aromatic heterocycles. The summed E-state index contributed by atoms with van der Waals surface area (Å²) in [5.74, 6) is 0.306. The van der Waals surface area contributed by atoms with E-state index < -0.39 is 0 Å². The Kier molecular flexibility index (Phi) is 4.64. The van der Waals surface area contributed by atoms with Crippen LogP contribution in [0.4, 0.5) is 0 Å². The van der Waals surface area contributed by atoms with Gasteiger partial charge in [0.1, 0.15) is 0 Å². The third-order valence-corrected chi connectivity index (χ3v) is 4.18. The van der Waals surface area contributed by atoms with E-state index in [0.717, 1.165) is 25.7 Å². The van der Waals surface area contributed by atoms with Crippen molar-refractivity contribution >= 4 is 0 Å². The lowest BCUT2D eigenvalue weighted by Gasteiger charge is -2.23. The van der Waals surface area contributed by atoms with Gasteiger partial charge in [0.05, 0.1) is 11.7 Å². The first-order valence-electron chi connectivity index (χ1n) is 7.33. The number of ether oxygens (including phenoxy) is 1. The topological polar surface area (TPSA) is 29.5 Å². The Balaban J connectivity index is 1.93. The standard InChI is InChI=1S/C17H26O2/c1-13-6-4-5-7-15(13)10-14(12-18)11-16-8-9-17(2,3)19-16/h4-7,14,16,18H,8-12H2,1-3H3. The number of hydrogen-bond donors (Lipinski definition) is 1. The van der Waals surface area contributed by atoms with Crippen molar-refractivity contribution in [2.75, 3.05) is 6.61 Å². The lowest BCUT2D eigenvalue weighted by atomic mass is 9.91. The molecule has 2 unspecified atom stereocenters. The Morgan fingerprint density at radius 1 is 1.37 bits per heavy atom. The number of aliphatic hydroxyl groups excluding tert-OH is 1. The van der Waals surface area contributed by atoms with Crippen LogP contribution >= 0.6 is 0 Å². The van der Waals surface area contributed by atoms with Crippen molar-refractivity contribution in [3.8, 4) is 0 Å². The maximum atomic E-state index is 9.61. The van der Waals surface area contributed by atoms with Crippen molar-refractivity contribution in [2.45, 2.75) is 58.2 Å². The second kappa shape index (κ2) is 6.06. The zero-order chi connectivity index (χ0) is 13.9. The van der Waals surface area contributed by atoms with Crippen LogP contribution in [-0.4, -0.2) is 23.4 Å². The van der Waals surface area contributed by atoms with Gasteiger partial charge in [-0.05, 0) is 63.5 Å². The van der Waals surface area contributed by atoms with Gasteiger partial charge in [0.25, 0.3) is 0 Å². The fraction of sp³-hybridized carbons (Fsp3) is 0.647. The van der Waals surface area contributed by atoms with E-state index in [4.69, 9.17) is 4.74 Å². The van der Waals surface area contributed by atoms with Gasteiger partial charge in [0.2, 0.25) is 0 Å². The maximum absolute atomic E-state index is 9.61. The van der Waals surface area contributed by atoms with Crippen LogP contribution < -0.4 is 0 Å². The Morgan fingerprint density at radius 3 is 2.68 bits per heavy atom. The van der Waals surface area contributed by atoms with E-state index in [9.17, 15) is 5.11 Å². The van der Waals surface area contributed by atoms with E-state index in [0.29, 0.717) is 12.0 Å². The molecule has 0 bridgehead atoms. The smallest absolute Gasteiger partial charge is 0.0631 e. The van der Waals surface area contributed by atoms with Gasteiger partial charge in [-0.25, -0.2) is 0 Å². The minimum Gasteiger partial charge on any atom is -0.396 e. The van der Waals surface area contributed by atoms with E-state index in [1.807, 2.05) is 0 Å². The summed E-state index contributed by atoms with van der Waals surface area (Å²) in [5.41, 5.74) is 2.68. The van der Waals surface area contributed by atoms with E-state index >= 15 is 0 Å². The molecule has 1 N–H and O–H groups in total. The van der Waals surface area contributed by atoms with Crippen LogP contribution in [0.5, 0.6) is 0 Å². The summed E-state index contributed by atoms with van der Waals surface area (Å²) < 4.78 is 6.04. The Morgan fingerprint density at radius 2 is 2.11 bits per heavy atom. The molecule has 1 heterocycles. The first-order chi connectivity index (χ1) is 9.00. The van der Waals surface area contributed by atoms with E-state index in [2.05, 4.69) is 45.0 Å². The first kappa shape index (κ1) is 14.5. The molecule has 1 aromatic carbocycles. The maximum Gasteiger partial charge on any atom is 0.0631 e. The van der Waals surface area contributed by atoms with Crippen LogP contribution in [0.25, 0.3) is 0 Å². The van der Waals surface area contributed by atoms with Gasteiger partial charge in [-0.2, -0.15) is 0 Å². The van der Waals surface area contributed by atoms with Crippen LogP contribution in [0.2, 0.25) is 0 Å². The van der Waals surface area contributed by atoms with E-state index in [1.165, 1.54) is 11.1 Å². The van der Waals surface area contributed by atoms with Gasteiger partial charge in [-0.15, -0.1) is 0 Å². The Labute approximate surface area is 116 Å². The van der Waals surface area contributed by atoms with Crippen LogP contribution in [0.3, 0.4) is 0 Å². The highest BCUT2D eigenvalue weighted by atomic mass is 16.5. The van der Waals surface area contributed by atoms with Crippen molar-refractivity contribution in [2.24, 2.45) is 5.92 Å². The van der Waals surface area contributed by atoms with Crippen molar-refractivity contribution in [1.29, 1.82) is 0 Å². The molecular weight excluding hydrogens is 236 g/mol. The van der Waals surface area contributed by atoms with Crippen LogP contribution in [0.1, 0.15) is 44.2 Å². The van der Waals surface area contributed by atoms with Gasteiger partial charge in [0, 0.05) is 6.61 Å². The molecule has 19 heavy (non-hydrogen) atoms. The minimum atomic E-state index is 0.0212. The van der Waals surface area contributed by atoms with Crippen LogP contribution in [0, 0.1) is 12.8 Å². The minimum absolute atomic E-state index is 0.0212. The van der Waals surface area contributed by atoms with Crippen molar-refractivity contribution in [3.63, 3.8) is 0 Å². The zero-order valence-corrected chi connectivity index (χ0v) is 12.4. The van der Waals surface area contributed by atoms with Gasteiger partial charge < -0.3 is 9.84 Å². The molecular formula is C17H26O2. The van der Waals surface area contributed by atoms with E-state index in [1.54, 1.807) is 0 Å². The van der Waals surface area contributed by atoms with Crippen molar-refractivity contribution in [1.82, 2.24) is 0 Å².